The standard InChI is InChI=1S/C16H17FN5/c17-15-4-5-22(10-15)16-20-8-14(9-21-16)13-3-1-2-12(6-13)7-19-11-18/h1-3,6,8-9,15H,4-5,7,10H2,(H2,18,19)/t15-/m0/s1. The molecule has 1 saturated heterocycles. The zero-order valence-electron chi connectivity index (χ0n) is 12.1. The molecule has 0 spiro atoms. The van der Waals surface area contributed by atoms with Crippen LogP contribution in [-0.4, -0.2) is 35.6 Å². The lowest BCUT2D eigenvalue weighted by Gasteiger charge is -2.14. The van der Waals surface area contributed by atoms with Crippen molar-refractivity contribution in [2.24, 2.45) is 0 Å². The highest BCUT2D eigenvalue weighted by Gasteiger charge is 2.23. The van der Waals surface area contributed by atoms with Gasteiger partial charge in [0.15, 0.2) is 6.34 Å². The minimum Gasteiger partial charge on any atom is -0.363 e. The lowest BCUT2D eigenvalue weighted by atomic mass is 10.1. The molecule has 0 aliphatic carbocycles. The molecule has 0 bridgehead atoms. The molecule has 2 N–H and O–H groups in total. The second-order valence-corrected chi connectivity index (χ2v) is 5.28. The molecule has 22 heavy (non-hydrogen) atoms. The van der Waals surface area contributed by atoms with Crippen LogP contribution in [0.15, 0.2) is 36.7 Å². The van der Waals surface area contributed by atoms with Gasteiger partial charge in [0.05, 0.1) is 6.54 Å². The number of halogens is 1. The lowest BCUT2D eigenvalue weighted by Crippen LogP contribution is -2.22. The van der Waals surface area contributed by atoms with Crippen molar-refractivity contribution in [2.45, 2.75) is 19.1 Å². The number of alkyl halides is 1. The topological polar surface area (TPSA) is 64.9 Å². The third-order valence-electron chi connectivity index (χ3n) is 3.69. The first-order valence-corrected chi connectivity index (χ1v) is 7.21. The number of anilines is 1. The van der Waals surface area contributed by atoms with Crippen molar-refractivity contribution in [1.29, 1.82) is 5.41 Å². The van der Waals surface area contributed by atoms with Gasteiger partial charge in [0.1, 0.15) is 6.17 Å². The van der Waals surface area contributed by atoms with Gasteiger partial charge in [-0.15, -0.1) is 0 Å². The molecule has 3 rings (SSSR count). The molecule has 1 atom stereocenters. The van der Waals surface area contributed by atoms with Crippen LogP contribution in [0.25, 0.3) is 11.1 Å². The van der Waals surface area contributed by atoms with E-state index in [1.807, 2.05) is 29.2 Å². The van der Waals surface area contributed by atoms with E-state index < -0.39 is 6.17 Å². The van der Waals surface area contributed by atoms with Crippen LogP contribution < -0.4 is 10.2 Å². The van der Waals surface area contributed by atoms with Crippen LogP contribution in [0.4, 0.5) is 10.3 Å². The van der Waals surface area contributed by atoms with Gasteiger partial charge in [-0.1, -0.05) is 18.2 Å². The highest BCUT2D eigenvalue weighted by atomic mass is 19.1. The Bertz CT molecular complexity index is 643. The van der Waals surface area contributed by atoms with Crippen LogP contribution in [-0.2, 0) is 6.54 Å². The van der Waals surface area contributed by atoms with Gasteiger partial charge >= 0.3 is 0 Å². The summed E-state index contributed by atoms with van der Waals surface area (Å²) < 4.78 is 13.2. The summed E-state index contributed by atoms with van der Waals surface area (Å²) in [6.07, 6.45) is 5.46. The quantitative estimate of drug-likeness (QED) is 0.505. The van der Waals surface area contributed by atoms with Crippen LogP contribution in [0.1, 0.15) is 12.0 Å². The average Bonchev–Trinajstić information content (AvgIpc) is 3.00. The van der Waals surface area contributed by atoms with Crippen molar-refractivity contribution in [1.82, 2.24) is 15.3 Å². The van der Waals surface area contributed by atoms with Crippen LogP contribution in [0.2, 0.25) is 0 Å². The van der Waals surface area contributed by atoms with Crippen LogP contribution >= 0.6 is 0 Å². The monoisotopic (exact) mass is 298 g/mol. The van der Waals surface area contributed by atoms with E-state index in [0.717, 1.165) is 16.7 Å². The third kappa shape index (κ3) is 3.21. The molecule has 1 radical (unpaired) electrons. The zero-order valence-corrected chi connectivity index (χ0v) is 12.1. The Kier molecular flexibility index (Phi) is 4.27. The molecule has 0 saturated carbocycles. The number of nitrogens with zero attached hydrogens (tertiary/aromatic N) is 3. The average molecular weight is 298 g/mol. The second kappa shape index (κ2) is 6.51. The van der Waals surface area contributed by atoms with Gasteiger partial charge in [0.2, 0.25) is 5.95 Å². The fourth-order valence-corrected chi connectivity index (χ4v) is 2.54. The first kappa shape index (κ1) is 14.4. The Morgan fingerprint density at radius 2 is 2.14 bits per heavy atom. The number of hydrogen-bond acceptors (Lipinski definition) is 4. The number of benzene rings is 1. The van der Waals surface area contributed by atoms with Gasteiger partial charge in [0, 0.05) is 31.0 Å². The molecule has 0 unspecified atom stereocenters. The summed E-state index contributed by atoms with van der Waals surface area (Å²) in [5, 5.41) is 9.61. The summed E-state index contributed by atoms with van der Waals surface area (Å²) in [4.78, 5) is 10.6. The predicted octanol–water partition coefficient (Wildman–Crippen LogP) is 2.27. The molecule has 2 heterocycles. The molecule has 113 valence electrons. The number of aromatic nitrogens is 2. The summed E-state index contributed by atoms with van der Waals surface area (Å²) in [7, 11) is 0. The second-order valence-electron chi connectivity index (χ2n) is 5.28. The fourth-order valence-electron chi connectivity index (χ4n) is 2.54. The maximum Gasteiger partial charge on any atom is 0.225 e. The molecule has 2 aromatic rings. The summed E-state index contributed by atoms with van der Waals surface area (Å²) in [5.74, 6) is 0.583. The van der Waals surface area contributed by atoms with E-state index in [4.69, 9.17) is 5.41 Å². The lowest BCUT2D eigenvalue weighted by molar-refractivity contribution is 0.364. The largest absolute Gasteiger partial charge is 0.363 e. The smallest absolute Gasteiger partial charge is 0.225 e. The van der Waals surface area contributed by atoms with Crippen molar-refractivity contribution < 1.29 is 4.39 Å². The van der Waals surface area contributed by atoms with Gasteiger partial charge in [-0.2, -0.15) is 0 Å². The zero-order chi connectivity index (χ0) is 15.4. The van der Waals surface area contributed by atoms with Crippen molar-refractivity contribution in [2.75, 3.05) is 18.0 Å². The Labute approximate surface area is 128 Å². The maximum absolute atomic E-state index is 13.2. The van der Waals surface area contributed by atoms with Crippen molar-refractivity contribution in [3.63, 3.8) is 0 Å². The summed E-state index contributed by atoms with van der Waals surface area (Å²) in [5.41, 5.74) is 2.99. The van der Waals surface area contributed by atoms with Crippen molar-refractivity contribution in [3.8, 4) is 11.1 Å². The number of nitrogens with one attached hydrogen (secondary N) is 2. The van der Waals surface area contributed by atoms with Crippen molar-refractivity contribution in [3.05, 3.63) is 42.2 Å². The van der Waals surface area contributed by atoms with Crippen LogP contribution in [0.3, 0.4) is 0 Å². The number of hydrogen-bond donors (Lipinski definition) is 2. The summed E-state index contributed by atoms with van der Waals surface area (Å²) >= 11 is 0. The predicted molar refractivity (Wildman–Crippen MR) is 83.8 cm³/mol. The van der Waals surface area contributed by atoms with E-state index in [2.05, 4.69) is 21.6 Å². The number of rotatable bonds is 5. The molecule has 1 aromatic heterocycles. The molecule has 5 nitrogen and oxygen atoms in total. The molecule has 0 amide bonds. The normalized spacial score (nSPS) is 17.5. The third-order valence-corrected chi connectivity index (χ3v) is 3.69. The van der Waals surface area contributed by atoms with E-state index in [1.165, 1.54) is 0 Å². The molecule has 1 aliphatic heterocycles. The van der Waals surface area contributed by atoms with E-state index in [-0.39, 0.29) is 0 Å². The van der Waals surface area contributed by atoms with Gasteiger partial charge < -0.3 is 10.2 Å². The first-order valence-electron chi connectivity index (χ1n) is 7.21. The molecular weight excluding hydrogens is 281 g/mol. The molecule has 1 aliphatic rings. The minimum atomic E-state index is -0.780. The van der Waals surface area contributed by atoms with Gasteiger partial charge in [-0.3, -0.25) is 5.41 Å². The first-order chi connectivity index (χ1) is 10.8. The van der Waals surface area contributed by atoms with Crippen LogP contribution in [0, 0.1) is 5.41 Å². The summed E-state index contributed by atoms with van der Waals surface area (Å²) in [6, 6.07) is 7.95. The van der Waals surface area contributed by atoms with Crippen molar-refractivity contribution >= 4 is 12.3 Å². The van der Waals surface area contributed by atoms with E-state index in [9.17, 15) is 4.39 Å². The fraction of sp³-hybridized carbons (Fsp3) is 0.312. The van der Waals surface area contributed by atoms with Gasteiger partial charge in [0.25, 0.3) is 0 Å². The van der Waals surface area contributed by atoms with E-state index >= 15 is 0 Å². The minimum absolute atomic E-state index is 0.376. The Hall–Kier alpha value is -2.50. The maximum atomic E-state index is 13.2. The Balaban J connectivity index is 1.76. The van der Waals surface area contributed by atoms with Gasteiger partial charge in [-0.25, -0.2) is 14.4 Å². The van der Waals surface area contributed by atoms with E-state index in [1.54, 1.807) is 12.4 Å². The van der Waals surface area contributed by atoms with E-state index in [0.29, 0.717) is 32.0 Å². The Morgan fingerprint density at radius 3 is 2.82 bits per heavy atom. The molecule has 1 aromatic carbocycles. The summed E-state index contributed by atoms with van der Waals surface area (Å²) in [6.45, 7) is 1.60. The van der Waals surface area contributed by atoms with Crippen LogP contribution in [0.5, 0.6) is 0 Å². The highest BCUT2D eigenvalue weighted by molar-refractivity contribution is 5.63. The Morgan fingerprint density at radius 1 is 1.32 bits per heavy atom. The molecule has 6 heteroatoms. The molecule has 1 fully saturated rings. The molecular formula is C16H17FN5. The highest BCUT2D eigenvalue weighted by Crippen LogP contribution is 2.22. The van der Waals surface area contributed by atoms with Gasteiger partial charge in [-0.05, 0) is 23.6 Å². The SMILES string of the molecule is N=[C]NCc1cccc(-c2cnc(N3CC[C@H](F)C3)nc2)c1.